The third-order valence-corrected chi connectivity index (χ3v) is 13.7. The average molecular weight is 836 g/mol. The molecule has 4 aromatic rings. The summed E-state index contributed by atoms with van der Waals surface area (Å²) in [5.74, 6) is 1.20. The van der Waals surface area contributed by atoms with Gasteiger partial charge in [0.25, 0.3) is 5.91 Å². The van der Waals surface area contributed by atoms with Gasteiger partial charge in [-0.1, -0.05) is 19.8 Å². The first-order valence-electron chi connectivity index (χ1n) is 22.4. The molecule has 4 fully saturated rings. The highest BCUT2D eigenvalue weighted by atomic mass is 19.1. The summed E-state index contributed by atoms with van der Waals surface area (Å²) < 4.78 is 21.9. The Labute approximate surface area is 356 Å². The van der Waals surface area contributed by atoms with Crippen molar-refractivity contribution in [2.24, 2.45) is 11.8 Å². The number of fused-ring (bicyclic) bond motifs is 2. The number of hydrogen-bond acceptors (Lipinski definition) is 12. The number of piperazine rings is 1. The number of halogens is 1. The van der Waals surface area contributed by atoms with E-state index in [1.807, 2.05) is 6.07 Å². The second-order valence-electron chi connectivity index (χ2n) is 17.7. The molecule has 16 heteroatoms. The van der Waals surface area contributed by atoms with Crippen molar-refractivity contribution in [2.75, 3.05) is 75.3 Å². The molecule has 0 saturated carbocycles. The molecule has 2 atom stereocenters. The lowest BCUT2D eigenvalue weighted by Crippen LogP contribution is -2.54. The van der Waals surface area contributed by atoms with E-state index in [9.17, 15) is 14.4 Å². The lowest BCUT2D eigenvalue weighted by Gasteiger charge is -2.44. The molecule has 3 aromatic heterocycles. The van der Waals surface area contributed by atoms with E-state index >= 15 is 4.39 Å². The molecular formula is C45H58FN11O4. The molecule has 0 bridgehead atoms. The van der Waals surface area contributed by atoms with Crippen molar-refractivity contribution in [1.29, 1.82) is 0 Å². The molecule has 8 heterocycles. The van der Waals surface area contributed by atoms with Crippen molar-refractivity contribution in [1.82, 2.24) is 45.2 Å². The number of H-pyrrole nitrogens is 1. The van der Waals surface area contributed by atoms with E-state index < -0.39 is 11.9 Å². The highest BCUT2D eigenvalue weighted by Gasteiger charge is 2.41. The van der Waals surface area contributed by atoms with Crippen LogP contribution in [0.3, 0.4) is 0 Å². The number of imide groups is 1. The fraction of sp³-hybridized carbons (Fsp3) is 0.578. The first-order chi connectivity index (χ1) is 29.7. The number of aromatic nitrogens is 5. The number of benzene rings is 1. The molecule has 1 aromatic carbocycles. The van der Waals surface area contributed by atoms with Crippen molar-refractivity contribution in [2.45, 2.75) is 90.3 Å². The van der Waals surface area contributed by atoms with Crippen LogP contribution in [0.5, 0.6) is 5.88 Å². The minimum absolute atomic E-state index is 0.0459. The van der Waals surface area contributed by atoms with Crippen LogP contribution in [-0.4, -0.2) is 135 Å². The van der Waals surface area contributed by atoms with Gasteiger partial charge in [0.05, 0.1) is 36.2 Å². The molecule has 9 rings (SSSR count). The number of aromatic amines is 1. The monoisotopic (exact) mass is 835 g/mol. The average Bonchev–Trinajstić information content (AvgIpc) is 3.85. The minimum atomic E-state index is -0.755. The molecule has 61 heavy (non-hydrogen) atoms. The van der Waals surface area contributed by atoms with Crippen LogP contribution in [0.4, 0.5) is 15.9 Å². The standard InChI is InChI=1S/C45H58FN11O4/c1-3-4-5-20-61-41-21-33-36(23-47-41)51-52-43(33)35-22-39(49-28-48-35)55-16-12-30(13-17-55)25-53-18-19-56(29(2)24-53)26-31-10-14-54(15-11-31)37-7-6-32-34(42(37)46)27-57(45(32)60)38-8-9-40(58)50-44(38)59/h6-7,21-23,28-31,38H,3-5,8-20,24-27H2,1-2H3,(H,51,52)(H,50,58,59)/t29-,38?/m0/s1. The number of rotatable bonds is 13. The Balaban J connectivity index is 0.721. The number of amides is 3. The zero-order valence-electron chi connectivity index (χ0n) is 35.5. The molecule has 0 spiro atoms. The Morgan fingerprint density at radius 2 is 1.67 bits per heavy atom. The van der Waals surface area contributed by atoms with E-state index in [-0.39, 0.29) is 37.0 Å². The number of ether oxygens (including phenoxy) is 1. The Hall–Kier alpha value is -5.22. The zero-order chi connectivity index (χ0) is 42.0. The highest BCUT2D eigenvalue weighted by Crippen LogP contribution is 2.36. The maximum Gasteiger partial charge on any atom is 0.255 e. The van der Waals surface area contributed by atoms with Crippen LogP contribution in [0.2, 0.25) is 0 Å². The molecule has 5 aliphatic rings. The van der Waals surface area contributed by atoms with Gasteiger partial charge < -0.3 is 24.3 Å². The number of anilines is 2. The number of hydrogen-bond donors (Lipinski definition) is 2. The normalized spacial score (nSPS) is 22.3. The van der Waals surface area contributed by atoms with E-state index in [1.54, 1.807) is 24.7 Å². The number of piperidine rings is 3. The molecule has 3 amide bonds. The van der Waals surface area contributed by atoms with Crippen molar-refractivity contribution in [3.05, 3.63) is 53.7 Å². The summed E-state index contributed by atoms with van der Waals surface area (Å²) in [6, 6.07) is 7.15. The smallest absolute Gasteiger partial charge is 0.255 e. The van der Waals surface area contributed by atoms with Crippen LogP contribution in [-0.2, 0) is 16.1 Å². The molecule has 0 aliphatic carbocycles. The maximum atomic E-state index is 16.0. The first-order valence-corrected chi connectivity index (χ1v) is 22.4. The van der Waals surface area contributed by atoms with Crippen LogP contribution >= 0.6 is 0 Å². The Bertz CT molecular complexity index is 2240. The minimum Gasteiger partial charge on any atom is -0.478 e. The molecule has 1 unspecified atom stereocenters. The van der Waals surface area contributed by atoms with Gasteiger partial charge in [-0.05, 0) is 69.4 Å². The second kappa shape index (κ2) is 18.0. The number of carbonyl (C=O) groups excluding carboxylic acids is 3. The number of nitrogens with zero attached hydrogens (tertiary/aromatic N) is 9. The molecule has 15 nitrogen and oxygen atoms in total. The predicted molar refractivity (Wildman–Crippen MR) is 230 cm³/mol. The van der Waals surface area contributed by atoms with E-state index in [2.05, 4.69) is 70.0 Å². The number of pyridine rings is 1. The van der Waals surface area contributed by atoms with Gasteiger partial charge in [-0.2, -0.15) is 5.10 Å². The fourth-order valence-electron chi connectivity index (χ4n) is 10.1. The van der Waals surface area contributed by atoms with Gasteiger partial charge in [0.1, 0.15) is 23.9 Å². The van der Waals surface area contributed by atoms with Crippen LogP contribution < -0.4 is 19.9 Å². The lowest BCUT2D eigenvalue weighted by atomic mass is 9.93. The van der Waals surface area contributed by atoms with Gasteiger partial charge in [0.15, 0.2) is 5.82 Å². The summed E-state index contributed by atoms with van der Waals surface area (Å²) in [4.78, 5) is 62.2. The van der Waals surface area contributed by atoms with Gasteiger partial charge in [-0.25, -0.2) is 19.3 Å². The SMILES string of the molecule is CCCCCOc1cc2c(-c3cc(N4CCC(CN5CCN(CC6CCN(c7ccc8c(c7F)CN(C7CCC(=O)NC7=O)C8=O)CC6)[C@@H](C)C5)CC4)ncn3)n[nH]c2cn1. The third kappa shape index (κ3) is 8.79. The quantitative estimate of drug-likeness (QED) is 0.137. The van der Waals surface area contributed by atoms with Crippen molar-refractivity contribution in [3.8, 4) is 17.3 Å². The molecular weight excluding hydrogens is 778 g/mol. The van der Waals surface area contributed by atoms with Crippen molar-refractivity contribution < 1.29 is 23.5 Å². The van der Waals surface area contributed by atoms with Crippen LogP contribution in [0.1, 0.15) is 87.6 Å². The summed E-state index contributed by atoms with van der Waals surface area (Å²) in [6.07, 6.45) is 11.4. The van der Waals surface area contributed by atoms with Crippen LogP contribution in [0.25, 0.3) is 22.3 Å². The number of carbonyl (C=O) groups is 3. The molecule has 5 aliphatic heterocycles. The van der Waals surface area contributed by atoms with Crippen molar-refractivity contribution >= 4 is 40.1 Å². The van der Waals surface area contributed by atoms with Gasteiger partial charge in [-0.3, -0.25) is 29.7 Å². The molecule has 4 saturated heterocycles. The second-order valence-corrected chi connectivity index (χ2v) is 17.7. The van der Waals surface area contributed by atoms with Crippen LogP contribution in [0.15, 0.2) is 36.8 Å². The first kappa shape index (κ1) is 41.1. The highest BCUT2D eigenvalue weighted by molar-refractivity contribution is 6.05. The number of nitrogens with one attached hydrogen (secondary N) is 2. The Morgan fingerprint density at radius 1 is 0.885 bits per heavy atom. The Morgan fingerprint density at radius 3 is 2.44 bits per heavy atom. The van der Waals surface area contributed by atoms with Crippen molar-refractivity contribution in [3.63, 3.8) is 0 Å². The van der Waals surface area contributed by atoms with E-state index in [0.717, 1.165) is 132 Å². The zero-order valence-corrected chi connectivity index (χ0v) is 35.5. The molecule has 2 N–H and O–H groups in total. The van der Waals surface area contributed by atoms with E-state index in [0.29, 0.717) is 47.2 Å². The van der Waals surface area contributed by atoms with Gasteiger partial charge in [-0.15, -0.1) is 0 Å². The molecule has 324 valence electrons. The third-order valence-electron chi connectivity index (χ3n) is 13.7. The van der Waals surface area contributed by atoms with Crippen LogP contribution in [0, 0.1) is 17.7 Å². The summed E-state index contributed by atoms with van der Waals surface area (Å²) >= 11 is 0. The largest absolute Gasteiger partial charge is 0.478 e. The fourth-order valence-corrected chi connectivity index (χ4v) is 10.1. The van der Waals surface area contributed by atoms with Gasteiger partial charge >= 0.3 is 0 Å². The Kier molecular flexibility index (Phi) is 12.2. The molecule has 0 radical (unpaired) electrons. The van der Waals surface area contributed by atoms with E-state index in [1.165, 1.54) is 4.90 Å². The number of unbranched alkanes of at least 4 members (excludes halogenated alkanes) is 2. The lowest BCUT2D eigenvalue weighted by molar-refractivity contribution is -0.136. The maximum absolute atomic E-state index is 16.0. The van der Waals surface area contributed by atoms with Gasteiger partial charge in [0.2, 0.25) is 17.7 Å². The topological polar surface area (TPSA) is 156 Å². The van der Waals surface area contributed by atoms with E-state index in [4.69, 9.17) is 4.74 Å². The van der Waals surface area contributed by atoms with Gasteiger partial charge in [0, 0.05) is 100 Å². The summed E-state index contributed by atoms with van der Waals surface area (Å²) in [6.45, 7) is 14.1. The summed E-state index contributed by atoms with van der Waals surface area (Å²) in [5.41, 5.74) is 3.61. The predicted octanol–water partition coefficient (Wildman–Crippen LogP) is 5.02. The summed E-state index contributed by atoms with van der Waals surface area (Å²) in [5, 5.41) is 10.9. The summed E-state index contributed by atoms with van der Waals surface area (Å²) in [7, 11) is 0.